The molecule has 0 spiro atoms. The highest BCUT2D eigenvalue weighted by Crippen LogP contribution is 2.12. The summed E-state index contributed by atoms with van der Waals surface area (Å²) in [7, 11) is 0. The van der Waals surface area contributed by atoms with Crippen LogP contribution in [-0.2, 0) is 0 Å². The average Bonchev–Trinajstić information content (AvgIpc) is 2.37. The minimum Gasteiger partial charge on any atom is -0.354 e. The van der Waals surface area contributed by atoms with Gasteiger partial charge in [0.1, 0.15) is 5.82 Å². The molecule has 0 aliphatic heterocycles. The molecule has 0 aromatic carbocycles. The third-order valence-electron chi connectivity index (χ3n) is 3.06. The SMILES string of the molecule is CCCCCC(CC)Nc1nc(C)nc(NCC)n1. The Morgan fingerprint density at radius 2 is 1.74 bits per heavy atom. The van der Waals surface area contributed by atoms with Gasteiger partial charge in [0.05, 0.1) is 0 Å². The Morgan fingerprint density at radius 1 is 1.00 bits per heavy atom. The zero-order valence-electron chi connectivity index (χ0n) is 12.7. The van der Waals surface area contributed by atoms with Crippen molar-refractivity contribution in [3.63, 3.8) is 0 Å². The fourth-order valence-corrected chi connectivity index (χ4v) is 1.99. The van der Waals surface area contributed by atoms with Crippen LogP contribution >= 0.6 is 0 Å². The van der Waals surface area contributed by atoms with E-state index in [0.29, 0.717) is 17.9 Å². The van der Waals surface area contributed by atoms with Crippen molar-refractivity contribution in [1.82, 2.24) is 15.0 Å². The van der Waals surface area contributed by atoms with Gasteiger partial charge in [-0.2, -0.15) is 15.0 Å². The summed E-state index contributed by atoms with van der Waals surface area (Å²) < 4.78 is 0. The van der Waals surface area contributed by atoms with Crippen LogP contribution in [0.15, 0.2) is 0 Å². The van der Waals surface area contributed by atoms with Crippen molar-refractivity contribution in [2.75, 3.05) is 17.2 Å². The van der Waals surface area contributed by atoms with Crippen molar-refractivity contribution in [2.45, 2.75) is 65.8 Å². The van der Waals surface area contributed by atoms with Crippen LogP contribution in [0.4, 0.5) is 11.9 Å². The highest BCUT2D eigenvalue weighted by molar-refractivity contribution is 5.34. The number of anilines is 2. The highest BCUT2D eigenvalue weighted by Gasteiger charge is 2.09. The molecule has 0 aliphatic carbocycles. The van der Waals surface area contributed by atoms with E-state index in [-0.39, 0.29) is 0 Å². The van der Waals surface area contributed by atoms with E-state index in [0.717, 1.165) is 18.8 Å². The second kappa shape index (κ2) is 8.67. The van der Waals surface area contributed by atoms with Crippen LogP contribution in [0.1, 0.15) is 58.7 Å². The molecule has 1 aromatic heterocycles. The second-order valence-electron chi connectivity index (χ2n) is 4.81. The van der Waals surface area contributed by atoms with E-state index in [1.54, 1.807) is 0 Å². The van der Waals surface area contributed by atoms with E-state index >= 15 is 0 Å². The van der Waals surface area contributed by atoms with Gasteiger partial charge in [-0.05, 0) is 26.7 Å². The average molecular weight is 265 g/mol. The van der Waals surface area contributed by atoms with E-state index in [2.05, 4.69) is 39.4 Å². The fourth-order valence-electron chi connectivity index (χ4n) is 1.99. The standard InChI is InChI=1S/C14H27N5/c1-5-8-9-10-12(6-2)18-14-17-11(4)16-13(19-14)15-7-3/h12H,5-10H2,1-4H3,(H2,15,16,17,18,19). The van der Waals surface area contributed by atoms with Gasteiger partial charge in [0.15, 0.2) is 0 Å². The molecule has 1 unspecified atom stereocenters. The first-order valence-corrected chi connectivity index (χ1v) is 7.42. The van der Waals surface area contributed by atoms with Crippen LogP contribution in [0.5, 0.6) is 0 Å². The van der Waals surface area contributed by atoms with E-state index in [1.165, 1.54) is 25.7 Å². The molecule has 1 rings (SSSR count). The summed E-state index contributed by atoms with van der Waals surface area (Å²) in [5, 5.41) is 6.56. The minimum absolute atomic E-state index is 0.447. The molecule has 2 N–H and O–H groups in total. The lowest BCUT2D eigenvalue weighted by Crippen LogP contribution is -2.21. The van der Waals surface area contributed by atoms with Crippen LogP contribution in [0, 0.1) is 6.92 Å². The Balaban J connectivity index is 2.62. The first kappa shape index (κ1) is 15.7. The Bertz CT molecular complexity index is 367. The second-order valence-corrected chi connectivity index (χ2v) is 4.81. The van der Waals surface area contributed by atoms with Crippen molar-refractivity contribution in [3.05, 3.63) is 5.82 Å². The molecular formula is C14H27N5. The molecule has 0 fully saturated rings. The van der Waals surface area contributed by atoms with Gasteiger partial charge in [-0.3, -0.25) is 0 Å². The van der Waals surface area contributed by atoms with Gasteiger partial charge in [-0.1, -0.05) is 33.1 Å². The Kier molecular flexibility index (Phi) is 7.15. The molecule has 108 valence electrons. The molecule has 0 saturated carbocycles. The Hall–Kier alpha value is -1.39. The Labute approximate surface area is 116 Å². The van der Waals surface area contributed by atoms with Crippen molar-refractivity contribution in [2.24, 2.45) is 0 Å². The van der Waals surface area contributed by atoms with Crippen molar-refractivity contribution in [3.8, 4) is 0 Å². The predicted molar refractivity (Wildman–Crippen MR) is 80.6 cm³/mol. The van der Waals surface area contributed by atoms with Crippen LogP contribution in [0.2, 0.25) is 0 Å². The van der Waals surface area contributed by atoms with Gasteiger partial charge in [-0.25, -0.2) is 0 Å². The summed E-state index contributed by atoms with van der Waals surface area (Å²) >= 11 is 0. The largest absolute Gasteiger partial charge is 0.354 e. The molecule has 19 heavy (non-hydrogen) atoms. The first-order valence-electron chi connectivity index (χ1n) is 7.42. The zero-order valence-corrected chi connectivity index (χ0v) is 12.7. The fraction of sp³-hybridized carbons (Fsp3) is 0.786. The van der Waals surface area contributed by atoms with Gasteiger partial charge in [0.25, 0.3) is 0 Å². The lowest BCUT2D eigenvalue weighted by molar-refractivity contribution is 0.570. The summed E-state index contributed by atoms with van der Waals surface area (Å²) in [4.78, 5) is 13.0. The summed E-state index contributed by atoms with van der Waals surface area (Å²) in [6.07, 6.45) is 6.06. The third kappa shape index (κ3) is 5.85. The van der Waals surface area contributed by atoms with Gasteiger partial charge in [0, 0.05) is 12.6 Å². The Morgan fingerprint density at radius 3 is 2.37 bits per heavy atom. The molecule has 5 nitrogen and oxygen atoms in total. The van der Waals surface area contributed by atoms with Crippen LogP contribution in [0.3, 0.4) is 0 Å². The molecule has 1 heterocycles. The first-order chi connectivity index (χ1) is 9.19. The number of nitrogens with zero attached hydrogens (tertiary/aromatic N) is 3. The normalized spacial score (nSPS) is 12.2. The zero-order chi connectivity index (χ0) is 14.1. The predicted octanol–water partition coefficient (Wildman–Crippen LogP) is 3.38. The maximum Gasteiger partial charge on any atom is 0.227 e. The van der Waals surface area contributed by atoms with Gasteiger partial charge in [0.2, 0.25) is 11.9 Å². The molecule has 5 heteroatoms. The van der Waals surface area contributed by atoms with Crippen molar-refractivity contribution in [1.29, 1.82) is 0 Å². The van der Waals surface area contributed by atoms with Crippen LogP contribution < -0.4 is 10.6 Å². The van der Waals surface area contributed by atoms with Gasteiger partial charge >= 0.3 is 0 Å². The molecule has 0 radical (unpaired) electrons. The molecule has 0 bridgehead atoms. The van der Waals surface area contributed by atoms with Gasteiger partial charge in [-0.15, -0.1) is 0 Å². The van der Waals surface area contributed by atoms with E-state index in [1.807, 2.05) is 13.8 Å². The lowest BCUT2D eigenvalue weighted by atomic mass is 10.1. The maximum absolute atomic E-state index is 4.39. The van der Waals surface area contributed by atoms with Crippen molar-refractivity contribution >= 4 is 11.9 Å². The minimum atomic E-state index is 0.447. The van der Waals surface area contributed by atoms with Crippen molar-refractivity contribution < 1.29 is 0 Å². The smallest absolute Gasteiger partial charge is 0.227 e. The number of aryl methyl sites for hydroxylation is 1. The van der Waals surface area contributed by atoms with E-state index in [4.69, 9.17) is 0 Å². The number of hydrogen-bond acceptors (Lipinski definition) is 5. The third-order valence-corrected chi connectivity index (χ3v) is 3.06. The summed E-state index contributed by atoms with van der Waals surface area (Å²) in [6.45, 7) is 9.17. The summed E-state index contributed by atoms with van der Waals surface area (Å²) in [5.74, 6) is 2.09. The highest BCUT2D eigenvalue weighted by atomic mass is 15.2. The number of rotatable bonds is 9. The molecule has 0 aliphatic rings. The molecule has 1 atom stereocenters. The summed E-state index contributed by atoms with van der Waals surface area (Å²) in [6, 6.07) is 0.447. The number of hydrogen-bond donors (Lipinski definition) is 2. The van der Waals surface area contributed by atoms with Gasteiger partial charge < -0.3 is 10.6 Å². The van der Waals surface area contributed by atoms with E-state index < -0.39 is 0 Å². The maximum atomic E-state index is 4.39. The molecular weight excluding hydrogens is 238 g/mol. The number of aromatic nitrogens is 3. The number of unbranched alkanes of at least 4 members (excludes halogenated alkanes) is 2. The molecule has 0 amide bonds. The van der Waals surface area contributed by atoms with Crippen LogP contribution in [-0.4, -0.2) is 27.5 Å². The van der Waals surface area contributed by atoms with Crippen LogP contribution in [0.25, 0.3) is 0 Å². The topological polar surface area (TPSA) is 62.7 Å². The molecule has 0 saturated heterocycles. The quantitative estimate of drug-likeness (QED) is 0.670. The summed E-state index contributed by atoms with van der Waals surface area (Å²) in [5.41, 5.74) is 0. The number of nitrogens with one attached hydrogen (secondary N) is 2. The van der Waals surface area contributed by atoms with E-state index in [9.17, 15) is 0 Å². The molecule has 1 aromatic rings. The monoisotopic (exact) mass is 265 g/mol. The lowest BCUT2D eigenvalue weighted by Gasteiger charge is -2.17.